The lowest BCUT2D eigenvalue weighted by Gasteiger charge is -2.07. The molecule has 0 bridgehead atoms. The first-order valence-electron chi connectivity index (χ1n) is 6.84. The molecular formula is C14H15N7O. The van der Waals surface area contributed by atoms with Crippen LogP contribution in [-0.2, 0) is 11.3 Å². The number of carbonyl (C=O) groups is 1. The first kappa shape index (κ1) is 13.9. The summed E-state index contributed by atoms with van der Waals surface area (Å²) in [6, 6.07) is 7.58. The van der Waals surface area contributed by atoms with E-state index in [0.717, 1.165) is 16.9 Å². The largest absolute Gasteiger partial charge is 0.345 e. The van der Waals surface area contributed by atoms with Gasteiger partial charge >= 0.3 is 0 Å². The minimum absolute atomic E-state index is 0.0864. The van der Waals surface area contributed by atoms with Gasteiger partial charge in [0.1, 0.15) is 5.82 Å². The van der Waals surface area contributed by atoms with E-state index in [1.165, 1.54) is 0 Å². The molecule has 2 heterocycles. The number of anilines is 1. The lowest BCUT2D eigenvalue weighted by Crippen LogP contribution is -2.15. The summed E-state index contributed by atoms with van der Waals surface area (Å²) >= 11 is 0. The van der Waals surface area contributed by atoms with Crippen LogP contribution in [0.25, 0.3) is 11.3 Å². The summed E-state index contributed by atoms with van der Waals surface area (Å²) in [6.07, 6.45) is 3.66. The second-order valence-corrected chi connectivity index (χ2v) is 4.79. The van der Waals surface area contributed by atoms with Crippen molar-refractivity contribution >= 4 is 11.6 Å². The molecule has 3 aromatic rings. The number of nitrogens with zero attached hydrogens (tertiary/aromatic N) is 5. The van der Waals surface area contributed by atoms with E-state index in [4.69, 9.17) is 0 Å². The van der Waals surface area contributed by atoms with Gasteiger partial charge in [-0.25, -0.2) is 9.67 Å². The molecule has 0 aliphatic rings. The maximum atomic E-state index is 12.0. The van der Waals surface area contributed by atoms with E-state index < -0.39 is 0 Å². The first-order chi connectivity index (χ1) is 10.7. The number of imidazole rings is 1. The number of carbonyl (C=O) groups excluding carboxylic acids is 1. The summed E-state index contributed by atoms with van der Waals surface area (Å²) in [5.41, 5.74) is 2.61. The predicted octanol–water partition coefficient (Wildman–Crippen LogP) is 1.40. The zero-order chi connectivity index (χ0) is 15.4. The van der Waals surface area contributed by atoms with Gasteiger partial charge in [0, 0.05) is 17.7 Å². The molecule has 112 valence electrons. The van der Waals surface area contributed by atoms with E-state index >= 15 is 0 Å². The molecule has 3 rings (SSSR count). The molecule has 8 nitrogen and oxygen atoms in total. The van der Waals surface area contributed by atoms with E-state index in [0.29, 0.717) is 18.8 Å². The fraction of sp³-hybridized carbons (Fsp3) is 0.214. The number of hydrogen-bond acceptors (Lipinski definition) is 5. The highest BCUT2D eigenvalue weighted by Gasteiger charge is 2.07. The third kappa shape index (κ3) is 3.17. The number of hydrogen-bond donors (Lipinski definition) is 2. The number of aromatic nitrogens is 6. The van der Waals surface area contributed by atoms with Gasteiger partial charge in [-0.15, -0.1) is 5.10 Å². The van der Waals surface area contributed by atoms with Gasteiger partial charge in [0.2, 0.25) is 5.91 Å². The number of amides is 1. The highest BCUT2D eigenvalue weighted by molar-refractivity contribution is 5.91. The average Bonchev–Trinajstić information content (AvgIpc) is 3.17. The Morgan fingerprint density at radius 3 is 3.05 bits per heavy atom. The summed E-state index contributed by atoms with van der Waals surface area (Å²) in [5, 5.41) is 14.0. The minimum atomic E-state index is -0.0864. The second-order valence-electron chi connectivity index (χ2n) is 4.79. The molecule has 0 radical (unpaired) electrons. The highest BCUT2D eigenvalue weighted by atomic mass is 16.1. The maximum Gasteiger partial charge on any atom is 0.226 e. The fourth-order valence-electron chi connectivity index (χ4n) is 2.07. The van der Waals surface area contributed by atoms with Crippen molar-refractivity contribution in [3.8, 4) is 11.3 Å². The quantitative estimate of drug-likeness (QED) is 0.741. The predicted molar refractivity (Wildman–Crippen MR) is 79.8 cm³/mol. The van der Waals surface area contributed by atoms with Crippen LogP contribution in [0.3, 0.4) is 0 Å². The van der Waals surface area contributed by atoms with Crippen LogP contribution in [-0.4, -0.2) is 36.1 Å². The summed E-state index contributed by atoms with van der Waals surface area (Å²) in [4.78, 5) is 19.0. The van der Waals surface area contributed by atoms with Crippen molar-refractivity contribution in [3.05, 3.63) is 42.6 Å². The number of tetrazole rings is 1. The van der Waals surface area contributed by atoms with Crippen LogP contribution in [0.2, 0.25) is 0 Å². The number of rotatable bonds is 5. The smallest absolute Gasteiger partial charge is 0.226 e. The molecule has 2 aromatic heterocycles. The summed E-state index contributed by atoms with van der Waals surface area (Å²) in [6.45, 7) is 2.25. The average molecular weight is 297 g/mol. The summed E-state index contributed by atoms with van der Waals surface area (Å²) in [7, 11) is 0. The van der Waals surface area contributed by atoms with Crippen molar-refractivity contribution in [1.29, 1.82) is 0 Å². The monoisotopic (exact) mass is 297 g/mol. The van der Waals surface area contributed by atoms with Crippen LogP contribution >= 0.6 is 0 Å². The molecule has 2 N–H and O–H groups in total. The number of H-pyrrole nitrogens is 1. The second kappa shape index (κ2) is 6.17. The lowest BCUT2D eigenvalue weighted by molar-refractivity contribution is -0.116. The van der Waals surface area contributed by atoms with Crippen LogP contribution in [0.1, 0.15) is 12.2 Å². The molecule has 8 heteroatoms. The molecule has 0 aliphatic heterocycles. The standard InChI is InChI=1S/C14H15N7O/c1-10-18-19-20-21(10)6-5-14(22)17-12-4-2-3-11(7-12)13-8-15-9-16-13/h2-4,7-9H,5-6H2,1H3,(H,15,16)(H,17,22). The molecular weight excluding hydrogens is 282 g/mol. The first-order valence-corrected chi connectivity index (χ1v) is 6.84. The summed E-state index contributed by atoms with van der Waals surface area (Å²) in [5.74, 6) is 0.603. The lowest BCUT2D eigenvalue weighted by atomic mass is 10.1. The zero-order valence-electron chi connectivity index (χ0n) is 12.0. The van der Waals surface area contributed by atoms with Crippen molar-refractivity contribution in [3.63, 3.8) is 0 Å². The minimum Gasteiger partial charge on any atom is -0.345 e. The maximum absolute atomic E-state index is 12.0. The zero-order valence-corrected chi connectivity index (χ0v) is 12.0. The topological polar surface area (TPSA) is 101 Å². The molecule has 0 unspecified atom stereocenters. The molecule has 0 aliphatic carbocycles. The SMILES string of the molecule is Cc1nnnn1CCC(=O)Nc1cccc(-c2cnc[nH]2)c1. The van der Waals surface area contributed by atoms with E-state index in [1.54, 1.807) is 24.1 Å². The molecule has 0 atom stereocenters. The Kier molecular flexibility index (Phi) is 3.90. The number of aromatic amines is 1. The Morgan fingerprint density at radius 1 is 1.41 bits per heavy atom. The van der Waals surface area contributed by atoms with Gasteiger partial charge in [-0.1, -0.05) is 12.1 Å². The van der Waals surface area contributed by atoms with Gasteiger partial charge in [-0.3, -0.25) is 4.79 Å². The summed E-state index contributed by atoms with van der Waals surface area (Å²) < 4.78 is 1.60. The fourth-order valence-corrected chi connectivity index (χ4v) is 2.07. The Labute approximate surface area is 126 Å². The van der Waals surface area contributed by atoms with E-state index in [1.807, 2.05) is 24.3 Å². The molecule has 0 fully saturated rings. The van der Waals surface area contributed by atoms with Crippen LogP contribution in [0.15, 0.2) is 36.8 Å². The molecule has 22 heavy (non-hydrogen) atoms. The van der Waals surface area contributed by atoms with Crippen LogP contribution < -0.4 is 5.32 Å². The van der Waals surface area contributed by atoms with Crippen LogP contribution in [0.4, 0.5) is 5.69 Å². The third-order valence-electron chi connectivity index (χ3n) is 3.22. The van der Waals surface area contributed by atoms with Crippen molar-refractivity contribution in [2.24, 2.45) is 0 Å². The van der Waals surface area contributed by atoms with Crippen molar-refractivity contribution in [1.82, 2.24) is 30.2 Å². The van der Waals surface area contributed by atoms with Gasteiger partial charge in [0.25, 0.3) is 0 Å². The Balaban J connectivity index is 1.62. The number of benzene rings is 1. The third-order valence-corrected chi connectivity index (χ3v) is 3.22. The van der Waals surface area contributed by atoms with E-state index in [-0.39, 0.29) is 5.91 Å². The molecule has 0 spiro atoms. The van der Waals surface area contributed by atoms with Crippen molar-refractivity contribution in [2.45, 2.75) is 19.9 Å². The Hall–Kier alpha value is -3.03. The van der Waals surface area contributed by atoms with Gasteiger partial charge in [-0.05, 0) is 29.5 Å². The van der Waals surface area contributed by atoms with Gasteiger partial charge < -0.3 is 10.3 Å². The molecule has 1 amide bonds. The molecule has 1 aromatic carbocycles. The van der Waals surface area contributed by atoms with Crippen molar-refractivity contribution < 1.29 is 4.79 Å². The van der Waals surface area contributed by atoms with Gasteiger partial charge in [0.15, 0.2) is 0 Å². The number of aryl methyl sites for hydroxylation is 2. The van der Waals surface area contributed by atoms with E-state index in [9.17, 15) is 4.79 Å². The van der Waals surface area contributed by atoms with Gasteiger partial charge in [-0.2, -0.15) is 0 Å². The Bertz CT molecular complexity index is 763. The van der Waals surface area contributed by atoms with Crippen molar-refractivity contribution in [2.75, 3.05) is 5.32 Å². The van der Waals surface area contributed by atoms with Crippen LogP contribution in [0.5, 0.6) is 0 Å². The molecule has 0 saturated carbocycles. The molecule has 0 saturated heterocycles. The normalized spacial score (nSPS) is 10.6. The van der Waals surface area contributed by atoms with Gasteiger partial charge in [0.05, 0.1) is 24.8 Å². The Morgan fingerprint density at radius 2 is 2.32 bits per heavy atom. The number of nitrogens with one attached hydrogen (secondary N) is 2. The highest BCUT2D eigenvalue weighted by Crippen LogP contribution is 2.20. The van der Waals surface area contributed by atoms with Crippen LogP contribution in [0, 0.1) is 6.92 Å². The van der Waals surface area contributed by atoms with E-state index in [2.05, 4.69) is 30.8 Å².